The van der Waals surface area contributed by atoms with Crippen LogP contribution in [0.25, 0.3) is 21.9 Å². The summed E-state index contributed by atoms with van der Waals surface area (Å²) in [5.41, 5.74) is 5.03. The lowest BCUT2D eigenvalue weighted by Crippen LogP contribution is -2.06. The van der Waals surface area contributed by atoms with Crippen molar-refractivity contribution in [1.29, 1.82) is 0 Å². The third-order valence-corrected chi connectivity index (χ3v) is 9.63. The minimum Gasteiger partial charge on any atom is -0.449 e. The van der Waals surface area contributed by atoms with Crippen LogP contribution in [0.3, 0.4) is 0 Å². The summed E-state index contributed by atoms with van der Waals surface area (Å²) in [6.07, 6.45) is 7.32. The number of fused-ring (bicyclic) bond motifs is 2. The van der Waals surface area contributed by atoms with Gasteiger partial charge in [-0.15, -0.1) is 11.8 Å². The summed E-state index contributed by atoms with van der Waals surface area (Å²) in [4.78, 5) is 24.7. The highest BCUT2D eigenvalue weighted by atomic mass is 32.2. The highest BCUT2D eigenvalue weighted by Gasteiger charge is 2.12. The molecule has 0 spiro atoms. The lowest BCUT2D eigenvalue weighted by molar-refractivity contribution is 0.492. The maximum Gasteiger partial charge on any atom is 0.196 e. The van der Waals surface area contributed by atoms with Gasteiger partial charge in [-0.25, -0.2) is 0 Å². The smallest absolute Gasteiger partial charge is 0.196 e. The van der Waals surface area contributed by atoms with E-state index in [-0.39, 0.29) is 10.9 Å². The second-order valence-electron chi connectivity index (χ2n) is 11.1. The Hall–Kier alpha value is -4.10. The first-order chi connectivity index (χ1) is 22.9. The summed E-state index contributed by atoms with van der Waals surface area (Å²) < 4.78 is 11.8. The molecule has 0 aliphatic rings. The van der Waals surface area contributed by atoms with E-state index in [0.29, 0.717) is 38.2 Å². The molecule has 0 aliphatic heterocycles. The molecule has 3 aromatic carbocycles. The Balaban J connectivity index is 0.000000215. The third kappa shape index (κ3) is 10.4. The molecule has 0 bridgehead atoms. The minimum absolute atomic E-state index is 0.0471. The van der Waals surface area contributed by atoms with Gasteiger partial charge in [-0.1, -0.05) is 92.0 Å². The van der Waals surface area contributed by atoms with Gasteiger partial charge in [0.25, 0.3) is 0 Å². The average molecular weight is 663 g/mol. The first-order valence-corrected chi connectivity index (χ1v) is 18.2. The van der Waals surface area contributed by atoms with Gasteiger partial charge in [0.15, 0.2) is 21.0 Å². The Labute approximate surface area is 286 Å². The van der Waals surface area contributed by atoms with Crippen LogP contribution in [0.15, 0.2) is 101 Å². The average Bonchev–Trinajstić information content (AvgIpc) is 3.10. The van der Waals surface area contributed by atoms with Gasteiger partial charge in [0.05, 0.1) is 10.8 Å². The summed E-state index contributed by atoms with van der Waals surface area (Å²) in [5, 5.41) is 2.73. The fraction of sp³-hybridized carbons (Fsp3) is 0.317. The van der Waals surface area contributed by atoms with Gasteiger partial charge in [-0.3, -0.25) is 9.59 Å². The van der Waals surface area contributed by atoms with Gasteiger partial charge in [0, 0.05) is 47.5 Å². The number of benzene rings is 3. The minimum atomic E-state index is 0.0471. The molecule has 6 heteroatoms. The summed E-state index contributed by atoms with van der Waals surface area (Å²) in [7, 11) is 0. The van der Waals surface area contributed by atoms with E-state index in [2.05, 4.69) is 49.7 Å². The summed E-state index contributed by atoms with van der Waals surface area (Å²) in [5.74, 6) is 14.4. The van der Waals surface area contributed by atoms with Gasteiger partial charge in [0.1, 0.15) is 11.2 Å². The van der Waals surface area contributed by atoms with E-state index in [9.17, 15) is 9.59 Å². The molecule has 5 aromatic rings. The summed E-state index contributed by atoms with van der Waals surface area (Å²) in [6.45, 7) is 7.97. The summed E-state index contributed by atoms with van der Waals surface area (Å²) in [6, 6.07) is 23.0. The van der Waals surface area contributed by atoms with Crippen molar-refractivity contribution in [3.05, 3.63) is 115 Å². The number of thioether (sulfide) groups is 2. The van der Waals surface area contributed by atoms with E-state index in [1.165, 1.54) is 18.4 Å². The number of para-hydroxylation sites is 2. The van der Waals surface area contributed by atoms with Gasteiger partial charge in [-0.2, -0.15) is 0 Å². The molecule has 0 saturated carbocycles. The Morgan fingerprint density at radius 3 is 1.74 bits per heavy atom. The standard InChI is InChI=1S/C22H20O2S.C19H22O2S/c1-3-4-5-8-17-11-13-18(14-12-17)15-25-22-16(2)21(23)19-9-6-7-10-20(19)24-22;1-3-4-5-6-7-8-11-14-22-19-15(2)18(20)16-12-9-10-13-17(16)21-19/h6-7,9-14H,3-4,15H2,1-2H3;9-10,12-13H,3-5,8,11,14H2,1-2H3. The van der Waals surface area contributed by atoms with Crippen molar-refractivity contribution in [2.24, 2.45) is 0 Å². The van der Waals surface area contributed by atoms with Crippen LogP contribution in [0.2, 0.25) is 0 Å². The van der Waals surface area contributed by atoms with Crippen LogP contribution in [-0.4, -0.2) is 5.75 Å². The van der Waals surface area contributed by atoms with Crippen molar-refractivity contribution in [2.75, 3.05) is 5.75 Å². The summed E-state index contributed by atoms with van der Waals surface area (Å²) >= 11 is 3.16. The predicted octanol–water partition coefficient (Wildman–Crippen LogP) is 10.7. The number of hydrogen-bond donors (Lipinski definition) is 0. The quantitative estimate of drug-likeness (QED) is 0.0843. The molecule has 4 nitrogen and oxygen atoms in total. The van der Waals surface area contributed by atoms with Crippen LogP contribution in [-0.2, 0) is 5.75 Å². The van der Waals surface area contributed by atoms with Crippen LogP contribution in [0, 0.1) is 37.5 Å². The molecule has 0 saturated heterocycles. The van der Waals surface area contributed by atoms with Crippen molar-refractivity contribution < 1.29 is 8.83 Å². The van der Waals surface area contributed by atoms with Gasteiger partial charge in [-0.05, 0) is 75.1 Å². The molecule has 242 valence electrons. The zero-order valence-corrected chi connectivity index (χ0v) is 29.4. The second kappa shape index (κ2) is 18.9. The number of unbranched alkanes of at least 4 members (excludes halogenated alkanes) is 4. The highest BCUT2D eigenvalue weighted by Crippen LogP contribution is 2.28. The molecule has 0 radical (unpaired) electrons. The molecule has 0 N–H and O–H groups in total. The van der Waals surface area contributed by atoms with Crippen LogP contribution < -0.4 is 10.9 Å². The van der Waals surface area contributed by atoms with Crippen LogP contribution >= 0.6 is 23.5 Å². The Bertz CT molecular complexity index is 2020. The van der Waals surface area contributed by atoms with E-state index in [1.54, 1.807) is 29.6 Å². The molecule has 0 amide bonds. The largest absolute Gasteiger partial charge is 0.449 e. The van der Waals surface area contributed by atoms with Crippen molar-refractivity contribution in [3.8, 4) is 23.7 Å². The number of rotatable bonds is 10. The number of hydrogen-bond acceptors (Lipinski definition) is 6. The molecular weight excluding hydrogens is 621 g/mol. The molecule has 0 atom stereocenters. The molecule has 0 unspecified atom stereocenters. The maximum atomic E-state index is 12.4. The van der Waals surface area contributed by atoms with Crippen molar-refractivity contribution in [2.45, 2.75) is 88.6 Å². The molecule has 5 rings (SSSR count). The van der Waals surface area contributed by atoms with E-state index in [1.807, 2.05) is 68.4 Å². The Kier molecular flexibility index (Phi) is 14.4. The molecule has 2 aromatic heterocycles. The van der Waals surface area contributed by atoms with E-state index >= 15 is 0 Å². The van der Waals surface area contributed by atoms with Crippen molar-refractivity contribution >= 4 is 45.5 Å². The monoisotopic (exact) mass is 662 g/mol. The topological polar surface area (TPSA) is 60.4 Å². The lowest BCUT2D eigenvalue weighted by Gasteiger charge is -2.06. The van der Waals surface area contributed by atoms with Gasteiger partial charge < -0.3 is 8.83 Å². The van der Waals surface area contributed by atoms with Gasteiger partial charge in [0.2, 0.25) is 0 Å². The van der Waals surface area contributed by atoms with Crippen LogP contribution in [0.1, 0.15) is 81.0 Å². The Morgan fingerprint density at radius 1 is 0.617 bits per heavy atom. The molecule has 0 fully saturated rings. The zero-order valence-electron chi connectivity index (χ0n) is 27.7. The fourth-order valence-corrected chi connectivity index (χ4v) is 6.47. The Morgan fingerprint density at radius 2 is 1.17 bits per heavy atom. The predicted molar refractivity (Wildman–Crippen MR) is 199 cm³/mol. The normalized spacial score (nSPS) is 10.5. The lowest BCUT2D eigenvalue weighted by atomic mass is 10.1. The first kappa shape index (κ1) is 35.7. The van der Waals surface area contributed by atoms with E-state index < -0.39 is 0 Å². The third-order valence-electron chi connectivity index (χ3n) is 7.35. The molecule has 47 heavy (non-hydrogen) atoms. The van der Waals surface area contributed by atoms with E-state index in [4.69, 9.17) is 8.83 Å². The zero-order chi connectivity index (χ0) is 33.4. The fourth-order valence-electron chi connectivity index (χ4n) is 4.59. The van der Waals surface area contributed by atoms with Crippen LogP contribution in [0.4, 0.5) is 0 Å². The van der Waals surface area contributed by atoms with E-state index in [0.717, 1.165) is 54.3 Å². The van der Waals surface area contributed by atoms with Crippen LogP contribution in [0.5, 0.6) is 0 Å². The molecular formula is C41H42O4S2. The van der Waals surface area contributed by atoms with Crippen molar-refractivity contribution in [1.82, 2.24) is 0 Å². The molecule has 0 aliphatic carbocycles. The molecule has 2 heterocycles. The first-order valence-electron chi connectivity index (χ1n) is 16.3. The maximum absolute atomic E-state index is 12.4. The van der Waals surface area contributed by atoms with Gasteiger partial charge >= 0.3 is 0 Å². The highest BCUT2D eigenvalue weighted by molar-refractivity contribution is 7.99. The second-order valence-corrected chi connectivity index (χ2v) is 13.1. The SMILES string of the molecule is CCCC#Cc1ccc(CSc2oc3ccccc3c(=O)c2C)cc1.CCCCC#CCCCSc1oc2ccccc2c(=O)c1C. The van der Waals surface area contributed by atoms with Crippen molar-refractivity contribution in [3.63, 3.8) is 0 Å².